The molecule has 0 fully saturated rings. The van der Waals surface area contributed by atoms with Crippen LogP contribution in [-0.2, 0) is 22.1 Å². The quantitative estimate of drug-likeness (QED) is 0.787. The topological polar surface area (TPSA) is 50.1 Å². The number of alkyl halides is 3. The molecule has 0 aliphatic rings. The lowest BCUT2D eigenvalue weighted by Gasteiger charge is -2.13. The molecule has 3 nitrogen and oxygen atoms in total. The average molecular weight is 322 g/mol. The Morgan fingerprint density at radius 1 is 1.50 bits per heavy atom. The first-order valence-electron chi connectivity index (χ1n) is 4.66. The normalized spacial score (nSPS) is 10.9. The highest BCUT2D eigenvalue weighted by Crippen LogP contribution is 2.37. The monoisotopic (exact) mass is 321 g/mol. The third-order valence-electron chi connectivity index (χ3n) is 2.22. The van der Waals surface area contributed by atoms with E-state index in [4.69, 9.17) is 5.26 Å². The number of rotatable bonds is 2. The van der Waals surface area contributed by atoms with Crippen LogP contribution < -0.4 is 0 Å². The maximum atomic E-state index is 12.7. The molecule has 0 heterocycles. The lowest BCUT2D eigenvalue weighted by Crippen LogP contribution is -2.12. The molecule has 0 unspecified atom stereocenters. The Balaban J connectivity index is 3.37. The largest absolute Gasteiger partial charge is 0.469 e. The summed E-state index contributed by atoms with van der Waals surface area (Å²) in [6.07, 6.45) is -4.96. The predicted molar refractivity (Wildman–Crippen MR) is 59.6 cm³/mol. The number of benzene rings is 1. The number of halogens is 4. The molecule has 0 saturated heterocycles. The van der Waals surface area contributed by atoms with Crippen LogP contribution in [0, 0.1) is 11.3 Å². The summed E-state index contributed by atoms with van der Waals surface area (Å²) < 4.78 is 42.0. The van der Waals surface area contributed by atoms with Crippen LogP contribution >= 0.6 is 15.9 Å². The molecule has 0 atom stereocenters. The summed E-state index contributed by atoms with van der Waals surface area (Å²) in [5, 5.41) is 8.82. The highest BCUT2D eigenvalue weighted by molar-refractivity contribution is 9.10. The zero-order chi connectivity index (χ0) is 13.9. The summed E-state index contributed by atoms with van der Waals surface area (Å²) in [4.78, 5) is 11.1. The van der Waals surface area contributed by atoms with Crippen molar-refractivity contribution < 1.29 is 22.7 Å². The van der Waals surface area contributed by atoms with Gasteiger partial charge in [-0.2, -0.15) is 18.4 Å². The van der Waals surface area contributed by atoms with Gasteiger partial charge in [0.05, 0.1) is 30.7 Å². The van der Waals surface area contributed by atoms with Crippen LogP contribution in [0.1, 0.15) is 16.7 Å². The summed E-state index contributed by atoms with van der Waals surface area (Å²) in [7, 11) is 1.12. The van der Waals surface area contributed by atoms with Gasteiger partial charge in [0.15, 0.2) is 0 Å². The number of carbonyl (C=O) groups is 1. The van der Waals surface area contributed by atoms with E-state index < -0.39 is 24.1 Å². The molecule has 7 heteroatoms. The first-order chi connectivity index (χ1) is 8.31. The number of nitriles is 1. The molecule has 0 radical (unpaired) electrons. The van der Waals surface area contributed by atoms with Crippen molar-refractivity contribution in [3.63, 3.8) is 0 Å². The van der Waals surface area contributed by atoms with Crippen LogP contribution in [0.3, 0.4) is 0 Å². The Morgan fingerprint density at radius 3 is 2.56 bits per heavy atom. The fourth-order valence-electron chi connectivity index (χ4n) is 1.33. The number of nitrogens with zero attached hydrogens (tertiary/aromatic N) is 1. The van der Waals surface area contributed by atoms with Gasteiger partial charge in [-0.1, -0.05) is 0 Å². The minimum absolute atomic E-state index is 0.000255. The third-order valence-corrected chi connectivity index (χ3v) is 3.12. The molecule has 0 saturated carbocycles. The van der Waals surface area contributed by atoms with Gasteiger partial charge < -0.3 is 4.74 Å². The molecule has 0 aliphatic heterocycles. The van der Waals surface area contributed by atoms with Crippen molar-refractivity contribution in [2.45, 2.75) is 12.6 Å². The molecule has 0 amide bonds. The van der Waals surface area contributed by atoms with Gasteiger partial charge in [0.2, 0.25) is 0 Å². The minimum Gasteiger partial charge on any atom is -0.469 e. The van der Waals surface area contributed by atoms with Crippen LogP contribution in [0.15, 0.2) is 16.6 Å². The van der Waals surface area contributed by atoms with Crippen LogP contribution in [-0.4, -0.2) is 13.1 Å². The van der Waals surface area contributed by atoms with Gasteiger partial charge in [-0.3, -0.25) is 4.79 Å². The molecular weight excluding hydrogens is 315 g/mol. The number of hydrogen-bond acceptors (Lipinski definition) is 3. The zero-order valence-corrected chi connectivity index (χ0v) is 10.7. The van der Waals surface area contributed by atoms with Gasteiger partial charge in [0.1, 0.15) is 0 Å². The van der Waals surface area contributed by atoms with Crippen molar-refractivity contribution in [2.75, 3.05) is 7.11 Å². The molecule has 0 spiro atoms. The summed E-state index contributed by atoms with van der Waals surface area (Å²) in [5.74, 6) is -0.716. The molecule has 96 valence electrons. The van der Waals surface area contributed by atoms with E-state index >= 15 is 0 Å². The molecule has 1 aromatic carbocycles. The van der Waals surface area contributed by atoms with E-state index in [9.17, 15) is 18.0 Å². The van der Waals surface area contributed by atoms with Crippen LogP contribution in [0.5, 0.6) is 0 Å². The summed E-state index contributed by atoms with van der Waals surface area (Å²) in [5.41, 5.74) is -0.958. The van der Waals surface area contributed by atoms with E-state index in [1.807, 2.05) is 0 Å². The van der Waals surface area contributed by atoms with Gasteiger partial charge in [0, 0.05) is 4.47 Å². The highest BCUT2D eigenvalue weighted by atomic mass is 79.9. The zero-order valence-electron chi connectivity index (χ0n) is 9.14. The van der Waals surface area contributed by atoms with E-state index in [2.05, 4.69) is 20.7 Å². The standard InChI is InChI=1S/C11H7BrF3NO2/c1-18-9(17)4-7-6(5-16)2-3-8(10(7)12)11(13,14)15/h2-3H,4H2,1H3. The Labute approximate surface area is 109 Å². The Hall–Kier alpha value is -1.55. The lowest BCUT2D eigenvalue weighted by atomic mass is 10.0. The van der Waals surface area contributed by atoms with Gasteiger partial charge >= 0.3 is 12.1 Å². The predicted octanol–water partition coefficient (Wildman–Crippen LogP) is 3.06. The SMILES string of the molecule is COC(=O)Cc1c(C#N)ccc(C(F)(F)F)c1Br. The number of ether oxygens (including phenoxy) is 1. The second-order valence-electron chi connectivity index (χ2n) is 3.32. The Kier molecular flexibility index (Phi) is 4.35. The van der Waals surface area contributed by atoms with E-state index in [0.29, 0.717) is 0 Å². The van der Waals surface area contributed by atoms with E-state index in [1.54, 1.807) is 6.07 Å². The Morgan fingerprint density at radius 2 is 2.11 bits per heavy atom. The molecule has 0 bridgehead atoms. The highest BCUT2D eigenvalue weighted by Gasteiger charge is 2.34. The first kappa shape index (κ1) is 14.5. The summed E-state index contributed by atoms with van der Waals surface area (Å²) in [6, 6.07) is 3.57. The molecule has 0 aromatic heterocycles. The second kappa shape index (κ2) is 5.40. The van der Waals surface area contributed by atoms with Crippen molar-refractivity contribution in [2.24, 2.45) is 0 Å². The molecule has 1 aromatic rings. The molecule has 1 rings (SSSR count). The molecule has 0 aliphatic carbocycles. The van der Waals surface area contributed by atoms with Gasteiger partial charge in [-0.15, -0.1) is 0 Å². The fraction of sp³-hybridized carbons (Fsp3) is 0.273. The summed E-state index contributed by atoms with van der Waals surface area (Å²) >= 11 is 2.79. The number of methoxy groups -OCH3 is 1. The van der Waals surface area contributed by atoms with Crippen LogP contribution in [0.2, 0.25) is 0 Å². The van der Waals surface area contributed by atoms with Crippen LogP contribution in [0.25, 0.3) is 0 Å². The second-order valence-corrected chi connectivity index (χ2v) is 4.11. The maximum absolute atomic E-state index is 12.7. The number of esters is 1. The fourth-order valence-corrected chi connectivity index (χ4v) is 2.04. The number of hydrogen-bond donors (Lipinski definition) is 0. The van der Waals surface area contributed by atoms with Crippen molar-refractivity contribution in [3.8, 4) is 6.07 Å². The third kappa shape index (κ3) is 3.01. The van der Waals surface area contributed by atoms with Crippen molar-refractivity contribution in [1.82, 2.24) is 0 Å². The minimum atomic E-state index is -4.56. The molecule has 0 N–H and O–H groups in total. The van der Waals surface area contributed by atoms with Crippen LogP contribution in [0.4, 0.5) is 13.2 Å². The van der Waals surface area contributed by atoms with Gasteiger partial charge in [0.25, 0.3) is 0 Å². The van der Waals surface area contributed by atoms with Crippen molar-refractivity contribution in [3.05, 3.63) is 33.3 Å². The van der Waals surface area contributed by atoms with E-state index in [0.717, 1.165) is 19.2 Å². The van der Waals surface area contributed by atoms with E-state index in [1.165, 1.54) is 0 Å². The van der Waals surface area contributed by atoms with E-state index in [-0.39, 0.29) is 15.6 Å². The summed E-state index contributed by atoms with van der Waals surface area (Å²) in [6.45, 7) is 0. The average Bonchev–Trinajstić information content (AvgIpc) is 2.29. The van der Waals surface area contributed by atoms with Gasteiger partial charge in [-0.05, 0) is 33.6 Å². The van der Waals surface area contributed by atoms with Crippen molar-refractivity contribution in [1.29, 1.82) is 5.26 Å². The Bertz CT molecular complexity index is 520. The molecular formula is C11H7BrF3NO2. The molecule has 18 heavy (non-hydrogen) atoms. The van der Waals surface area contributed by atoms with Crippen molar-refractivity contribution >= 4 is 21.9 Å². The van der Waals surface area contributed by atoms with Gasteiger partial charge in [-0.25, -0.2) is 0 Å². The maximum Gasteiger partial charge on any atom is 0.417 e. The lowest BCUT2D eigenvalue weighted by molar-refractivity contribution is -0.141. The number of carbonyl (C=O) groups excluding carboxylic acids is 1. The first-order valence-corrected chi connectivity index (χ1v) is 5.46. The smallest absolute Gasteiger partial charge is 0.417 e.